The number of nitrogens with two attached hydrogens (primary N) is 1. The minimum atomic E-state index is -0.917. The van der Waals surface area contributed by atoms with Gasteiger partial charge in [-0.15, -0.1) is 5.73 Å². The third-order valence-corrected chi connectivity index (χ3v) is 7.85. The van der Waals surface area contributed by atoms with Crippen LogP contribution in [0.3, 0.4) is 0 Å². The van der Waals surface area contributed by atoms with Gasteiger partial charge in [0.25, 0.3) is 11.8 Å². The highest BCUT2D eigenvalue weighted by Crippen LogP contribution is 2.50. The molecule has 0 bridgehead atoms. The van der Waals surface area contributed by atoms with Crippen LogP contribution in [0.4, 0.5) is 5.69 Å². The van der Waals surface area contributed by atoms with Crippen molar-refractivity contribution in [3.63, 3.8) is 0 Å². The molecule has 0 aromatic heterocycles. The molecule has 3 aliphatic rings. The Morgan fingerprint density at radius 3 is 2.47 bits per heavy atom. The Hall–Kier alpha value is -4.55. The molecule has 0 radical (unpaired) electrons. The Morgan fingerprint density at radius 2 is 1.84 bits per heavy atom. The highest BCUT2D eigenvalue weighted by atomic mass is 16.3. The minimum Gasteiger partial charge on any atom is -0.509 e. The van der Waals surface area contributed by atoms with E-state index < -0.39 is 29.7 Å². The van der Waals surface area contributed by atoms with Crippen molar-refractivity contribution in [3.8, 4) is 5.75 Å². The molecule has 8 heteroatoms. The quantitative estimate of drug-likeness (QED) is 0.466. The largest absolute Gasteiger partial charge is 0.509 e. The van der Waals surface area contributed by atoms with E-state index in [2.05, 4.69) is 17.6 Å². The summed E-state index contributed by atoms with van der Waals surface area (Å²) in [5.74, 6) is -3.13. The van der Waals surface area contributed by atoms with Crippen molar-refractivity contribution < 1.29 is 24.6 Å². The zero-order valence-electron chi connectivity index (χ0n) is 21.2. The zero-order chi connectivity index (χ0) is 27.3. The molecule has 2 aromatic carbocycles. The predicted molar refractivity (Wildman–Crippen MR) is 143 cm³/mol. The second-order valence-corrected chi connectivity index (χ2v) is 10.2. The molecule has 2 aromatic rings. The number of Topliss-reactive ketones (excluding diaryl/α,β-unsaturated/α-hetero) is 1. The Balaban J connectivity index is 1.62. The standard InChI is InChI=1S/C30H29N3O5/c1-4-17-19-14-18-16(13-21-22(33(2)3)10-11-23(34)24(21)27(18)35)12-20(19)26(28(36)25(17)29(31)37)32-30(38)15-8-6-5-7-9-15/h5-11,14,16,19-20,26,34,36H,1,12-13H2,2-3H3,(H2,31,37)(H,32,38). The van der Waals surface area contributed by atoms with Crippen LogP contribution < -0.4 is 16.0 Å². The smallest absolute Gasteiger partial charge is 0.253 e. The van der Waals surface area contributed by atoms with E-state index in [9.17, 15) is 24.6 Å². The molecule has 0 spiro atoms. The van der Waals surface area contributed by atoms with Crippen LogP contribution in [-0.2, 0) is 11.2 Å². The van der Waals surface area contributed by atoms with Crippen LogP contribution in [-0.4, -0.2) is 47.9 Å². The number of phenols is 1. The molecule has 0 saturated heterocycles. The molecule has 0 heterocycles. The van der Waals surface area contributed by atoms with E-state index >= 15 is 0 Å². The number of primary amides is 1. The molecule has 0 saturated carbocycles. The third-order valence-electron chi connectivity index (χ3n) is 7.85. The van der Waals surface area contributed by atoms with Crippen molar-refractivity contribution in [2.24, 2.45) is 23.5 Å². The Morgan fingerprint density at radius 1 is 1.13 bits per heavy atom. The molecular formula is C30H29N3O5. The van der Waals surface area contributed by atoms with Gasteiger partial charge in [0.2, 0.25) is 0 Å². The fourth-order valence-electron chi connectivity index (χ4n) is 6.16. The number of aromatic hydroxyl groups is 1. The number of allylic oxidation sites excluding steroid dienone is 2. The molecule has 3 aliphatic carbocycles. The van der Waals surface area contributed by atoms with Crippen molar-refractivity contribution in [3.05, 3.63) is 100 Å². The number of aliphatic hydroxyl groups is 1. The van der Waals surface area contributed by atoms with E-state index in [1.807, 2.05) is 19.0 Å². The fraction of sp³-hybridized carbons (Fsp3) is 0.267. The van der Waals surface area contributed by atoms with E-state index in [1.54, 1.807) is 42.5 Å². The molecule has 5 N–H and O–H groups in total. The van der Waals surface area contributed by atoms with Gasteiger partial charge in [-0.25, -0.2) is 0 Å². The summed E-state index contributed by atoms with van der Waals surface area (Å²) in [6, 6.07) is 11.0. The summed E-state index contributed by atoms with van der Waals surface area (Å²) in [5, 5.41) is 24.8. The first-order valence-corrected chi connectivity index (χ1v) is 12.4. The monoisotopic (exact) mass is 511 g/mol. The molecular weight excluding hydrogens is 482 g/mol. The number of anilines is 1. The fourth-order valence-corrected chi connectivity index (χ4v) is 6.16. The summed E-state index contributed by atoms with van der Waals surface area (Å²) in [4.78, 5) is 41.2. The Kier molecular flexibility index (Phi) is 6.21. The van der Waals surface area contributed by atoms with Crippen LogP contribution in [0.15, 0.2) is 83.3 Å². The number of fused-ring (bicyclic) bond motifs is 3. The van der Waals surface area contributed by atoms with Crippen molar-refractivity contribution in [1.82, 2.24) is 5.32 Å². The van der Waals surface area contributed by atoms with Gasteiger partial charge in [0.15, 0.2) is 5.78 Å². The number of carbonyl (C=O) groups is 3. The number of rotatable bonds is 4. The second-order valence-electron chi connectivity index (χ2n) is 10.2. The number of hydrogen-bond acceptors (Lipinski definition) is 6. The maximum absolute atomic E-state index is 13.7. The number of aliphatic hydroxyl groups excluding tert-OH is 1. The van der Waals surface area contributed by atoms with Crippen molar-refractivity contribution in [1.29, 1.82) is 0 Å². The first kappa shape index (κ1) is 25.1. The normalized spacial score (nSPS) is 23.9. The highest BCUT2D eigenvalue weighted by Gasteiger charge is 2.49. The first-order valence-electron chi connectivity index (χ1n) is 12.4. The summed E-state index contributed by atoms with van der Waals surface area (Å²) in [6.07, 6.45) is 2.71. The summed E-state index contributed by atoms with van der Waals surface area (Å²) in [7, 11) is 3.76. The highest BCUT2D eigenvalue weighted by molar-refractivity contribution is 6.14. The lowest BCUT2D eigenvalue weighted by molar-refractivity contribution is -0.114. The molecule has 194 valence electrons. The van der Waals surface area contributed by atoms with Gasteiger partial charge >= 0.3 is 0 Å². The van der Waals surface area contributed by atoms with Crippen molar-refractivity contribution in [2.75, 3.05) is 19.0 Å². The van der Waals surface area contributed by atoms with Crippen LogP contribution in [0.2, 0.25) is 0 Å². The molecule has 8 nitrogen and oxygen atoms in total. The van der Waals surface area contributed by atoms with Crippen LogP contribution in [0, 0.1) is 17.8 Å². The van der Waals surface area contributed by atoms with Crippen LogP contribution in [0.1, 0.15) is 32.7 Å². The molecule has 0 fully saturated rings. The van der Waals surface area contributed by atoms with E-state index in [0.717, 1.165) is 11.3 Å². The molecule has 4 atom stereocenters. The number of amides is 2. The lowest BCUT2D eigenvalue weighted by Crippen LogP contribution is -2.51. The van der Waals surface area contributed by atoms with E-state index in [1.165, 1.54) is 6.07 Å². The van der Waals surface area contributed by atoms with Gasteiger partial charge in [0.05, 0.1) is 17.2 Å². The summed E-state index contributed by atoms with van der Waals surface area (Å²) < 4.78 is 0. The van der Waals surface area contributed by atoms with E-state index in [0.29, 0.717) is 29.6 Å². The maximum Gasteiger partial charge on any atom is 0.253 e. The van der Waals surface area contributed by atoms with Crippen molar-refractivity contribution in [2.45, 2.75) is 18.9 Å². The van der Waals surface area contributed by atoms with Gasteiger partial charge in [-0.1, -0.05) is 30.9 Å². The van der Waals surface area contributed by atoms with Crippen LogP contribution in [0.25, 0.3) is 0 Å². The molecule has 38 heavy (non-hydrogen) atoms. The summed E-state index contributed by atoms with van der Waals surface area (Å²) in [5.41, 5.74) is 11.4. The SMILES string of the molecule is C=C=C1C(C(N)=O)=C(O)C(NC(=O)c2ccccc2)C2CC3Cc4c(N(C)C)ccc(O)c4C(=O)C3=CC12. The molecule has 4 unspecified atom stereocenters. The molecule has 5 rings (SSSR count). The van der Waals surface area contributed by atoms with Gasteiger partial charge in [0.1, 0.15) is 11.5 Å². The number of ketones is 1. The second kappa shape index (κ2) is 9.39. The van der Waals surface area contributed by atoms with Crippen LogP contribution in [0.5, 0.6) is 5.75 Å². The van der Waals surface area contributed by atoms with Gasteiger partial charge in [0, 0.05) is 42.4 Å². The lowest BCUT2D eigenvalue weighted by Gasteiger charge is -2.45. The maximum atomic E-state index is 13.7. The van der Waals surface area contributed by atoms with E-state index in [4.69, 9.17) is 5.73 Å². The number of nitrogens with zero attached hydrogens (tertiary/aromatic N) is 1. The predicted octanol–water partition coefficient (Wildman–Crippen LogP) is 3.20. The van der Waals surface area contributed by atoms with Gasteiger partial charge in [-0.05, 0) is 54.5 Å². The average Bonchev–Trinajstić information content (AvgIpc) is 2.89. The van der Waals surface area contributed by atoms with Gasteiger partial charge in [-0.3, -0.25) is 14.4 Å². The number of hydrogen-bond donors (Lipinski definition) is 4. The minimum absolute atomic E-state index is 0.0800. The zero-order valence-corrected chi connectivity index (χ0v) is 21.2. The number of benzene rings is 2. The van der Waals surface area contributed by atoms with Crippen LogP contribution >= 0.6 is 0 Å². The van der Waals surface area contributed by atoms with Crippen molar-refractivity contribution >= 4 is 23.3 Å². The van der Waals surface area contributed by atoms with Gasteiger partial charge in [-0.2, -0.15) is 0 Å². The lowest BCUT2D eigenvalue weighted by atomic mass is 9.61. The number of carbonyl (C=O) groups excluding carboxylic acids is 3. The first-order chi connectivity index (χ1) is 18.1. The van der Waals surface area contributed by atoms with Gasteiger partial charge < -0.3 is 26.2 Å². The summed E-state index contributed by atoms with van der Waals surface area (Å²) >= 11 is 0. The number of nitrogens with one attached hydrogen (secondary N) is 1. The third kappa shape index (κ3) is 3.90. The van der Waals surface area contributed by atoms with E-state index in [-0.39, 0.29) is 34.3 Å². The Labute approximate surface area is 220 Å². The molecule has 2 amide bonds. The number of phenolic OH excluding ortho intramolecular Hbond substituents is 1. The molecule has 0 aliphatic heterocycles. The Bertz CT molecular complexity index is 1480. The average molecular weight is 512 g/mol. The summed E-state index contributed by atoms with van der Waals surface area (Å²) in [6.45, 7) is 3.72. The topological polar surface area (TPSA) is 133 Å².